The number of furan rings is 1. The van der Waals surface area contributed by atoms with Crippen molar-refractivity contribution in [2.24, 2.45) is 5.92 Å². The molecule has 0 saturated heterocycles. The Labute approximate surface area is 93.5 Å². The molecule has 0 aromatic carbocycles. The number of rotatable bonds is 3. The normalized spacial score (nSPS) is 11.5. The first-order chi connectivity index (χ1) is 7.49. The molecule has 0 bridgehead atoms. The number of hydrogen-bond donors (Lipinski definition) is 1. The molecular formula is C12H15NO3. The Bertz CT molecular complexity index is 534. The first-order valence-corrected chi connectivity index (χ1v) is 5.32. The fraction of sp³-hybridized carbons (Fsp3) is 0.417. The average molecular weight is 221 g/mol. The molecule has 0 aliphatic carbocycles. The van der Waals surface area contributed by atoms with Gasteiger partial charge in [0.05, 0.1) is 5.52 Å². The third kappa shape index (κ3) is 1.71. The fourth-order valence-electron chi connectivity index (χ4n) is 1.90. The van der Waals surface area contributed by atoms with E-state index in [9.17, 15) is 4.79 Å². The molecule has 0 amide bonds. The van der Waals surface area contributed by atoms with Gasteiger partial charge in [0.15, 0.2) is 5.58 Å². The van der Waals surface area contributed by atoms with Gasteiger partial charge in [0.25, 0.3) is 0 Å². The zero-order chi connectivity index (χ0) is 11.9. The molecule has 2 rings (SSSR count). The van der Waals surface area contributed by atoms with Crippen LogP contribution in [0.15, 0.2) is 16.5 Å². The van der Waals surface area contributed by atoms with E-state index in [1.54, 1.807) is 10.6 Å². The van der Waals surface area contributed by atoms with Crippen molar-refractivity contribution in [2.75, 3.05) is 0 Å². The van der Waals surface area contributed by atoms with Crippen molar-refractivity contribution in [1.29, 1.82) is 0 Å². The summed E-state index contributed by atoms with van der Waals surface area (Å²) < 4.78 is 7.24. The van der Waals surface area contributed by atoms with Crippen LogP contribution in [0.1, 0.15) is 30.1 Å². The molecule has 4 heteroatoms. The molecule has 86 valence electrons. The molecule has 0 aliphatic heterocycles. The van der Waals surface area contributed by atoms with Gasteiger partial charge in [-0.15, -0.1) is 0 Å². The molecule has 0 spiro atoms. The minimum absolute atomic E-state index is 0.294. The molecule has 0 atom stereocenters. The van der Waals surface area contributed by atoms with Gasteiger partial charge in [-0.3, -0.25) is 0 Å². The summed E-state index contributed by atoms with van der Waals surface area (Å²) in [5.74, 6) is 0.285. The van der Waals surface area contributed by atoms with Crippen LogP contribution in [0, 0.1) is 12.8 Å². The summed E-state index contributed by atoms with van der Waals surface area (Å²) >= 11 is 0. The lowest BCUT2D eigenvalue weighted by Gasteiger charge is -2.09. The van der Waals surface area contributed by atoms with Crippen LogP contribution in [0.4, 0.5) is 0 Å². The molecule has 0 fully saturated rings. The zero-order valence-electron chi connectivity index (χ0n) is 9.65. The van der Waals surface area contributed by atoms with Crippen LogP contribution in [-0.4, -0.2) is 15.6 Å². The van der Waals surface area contributed by atoms with Crippen LogP contribution >= 0.6 is 0 Å². The van der Waals surface area contributed by atoms with Gasteiger partial charge in [0, 0.05) is 18.7 Å². The lowest BCUT2D eigenvalue weighted by atomic mass is 10.2. The number of fused-ring (bicyclic) bond motifs is 1. The molecule has 0 aliphatic rings. The lowest BCUT2D eigenvalue weighted by Crippen LogP contribution is -2.11. The number of carbonyl (C=O) groups is 1. The van der Waals surface area contributed by atoms with E-state index in [1.165, 1.54) is 0 Å². The Balaban J connectivity index is 2.61. The second kappa shape index (κ2) is 3.70. The summed E-state index contributed by atoms with van der Waals surface area (Å²) in [4.78, 5) is 11.1. The van der Waals surface area contributed by atoms with Gasteiger partial charge in [0.1, 0.15) is 11.5 Å². The molecule has 1 N–H and O–H groups in total. The smallest absolute Gasteiger partial charge is 0.352 e. The molecule has 16 heavy (non-hydrogen) atoms. The van der Waals surface area contributed by atoms with Crippen LogP contribution in [0.2, 0.25) is 0 Å². The van der Waals surface area contributed by atoms with Crippen molar-refractivity contribution in [2.45, 2.75) is 27.3 Å². The minimum Gasteiger partial charge on any atom is -0.477 e. The maximum atomic E-state index is 11.1. The van der Waals surface area contributed by atoms with Crippen molar-refractivity contribution in [3.05, 3.63) is 23.6 Å². The van der Waals surface area contributed by atoms with E-state index in [1.807, 2.05) is 13.0 Å². The Morgan fingerprint density at radius 2 is 2.19 bits per heavy atom. The predicted molar refractivity (Wildman–Crippen MR) is 60.7 cm³/mol. The number of hydrogen-bond acceptors (Lipinski definition) is 2. The standard InChI is InChI=1S/C12H15NO3/c1-7(2)6-13-9-4-8(3)16-11(9)5-10(13)12(14)15/h4-5,7H,6H2,1-3H3,(H,14,15). The third-order valence-electron chi connectivity index (χ3n) is 2.48. The zero-order valence-corrected chi connectivity index (χ0v) is 9.65. The van der Waals surface area contributed by atoms with E-state index in [0.29, 0.717) is 23.7 Å². The van der Waals surface area contributed by atoms with Crippen molar-refractivity contribution in [3.8, 4) is 0 Å². The summed E-state index contributed by atoms with van der Waals surface area (Å²) in [5, 5.41) is 9.10. The maximum absolute atomic E-state index is 11.1. The Morgan fingerprint density at radius 1 is 1.50 bits per heavy atom. The van der Waals surface area contributed by atoms with Crippen LogP contribution in [0.3, 0.4) is 0 Å². The van der Waals surface area contributed by atoms with Crippen LogP contribution in [-0.2, 0) is 6.54 Å². The van der Waals surface area contributed by atoms with Crippen molar-refractivity contribution in [3.63, 3.8) is 0 Å². The van der Waals surface area contributed by atoms with Crippen molar-refractivity contribution >= 4 is 17.1 Å². The van der Waals surface area contributed by atoms with Crippen LogP contribution in [0.5, 0.6) is 0 Å². The number of nitrogens with zero attached hydrogens (tertiary/aromatic N) is 1. The molecule has 2 aromatic heterocycles. The first kappa shape index (κ1) is 10.8. The summed E-state index contributed by atoms with van der Waals surface area (Å²) in [7, 11) is 0. The molecule has 0 saturated carbocycles. The third-order valence-corrected chi connectivity index (χ3v) is 2.48. The van der Waals surface area contributed by atoms with E-state index in [4.69, 9.17) is 9.52 Å². The first-order valence-electron chi connectivity index (χ1n) is 5.32. The van der Waals surface area contributed by atoms with E-state index >= 15 is 0 Å². The van der Waals surface area contributed by atoms with Crippen molar-refractivity contribution < 1.29 is 14.3 Å². The van der Waals surface area contributed by atoms with Gasteiger partial charge in [-0.05, 0) is 12.8 Å². The maximum Gasteiger partial charge on any atom is 0.352 e. The summed E-state index contributed by atoms with van der Waals surface area (Å²) in [6, 6.07) is 3.47. The highest BCUT2D eigenvalue weighted by molar-refractivity contribution is 5.92. The molecule has 4 nitrogen and oxygen atoms in total. The van der Waals surface area contributed by atoms with Gasteiger partial charge in [-0.2, -0.15) is 0 Å². The number of aromatic carboxylic acids is 1. The van der Waals surface area contributed by atoms with E-state index in [-0.39, 0.29) is 0 Å². The fourth-order valence-corrected chi connectivity index (χ4v) is 1.90. The van der Waals surface area contributed by atoms with Gasteiger partial charge < -0.3 is 14.1 Å². The lowest BCUT2D eigenvalue weighted by molar-refractivity contribution is 0.0685. The second-order valence-corrected chi connectivity index (χ2v) is 4.45. The SMILES string of the molecule is Cc1cc2c(cc(C(=O)O)n2CC(C)C)o1. The molecule has 0 radical (unpaired) electrons. The highest BCUT2D eigenvalue weighted by Crippen LogP contribution is 2.24. The minimum atomic E-state index is -0.912. The molecule has 2 heterocycles. The van der Waals surface area contributed by atoms with E-state index in [0.717, 1.165) is 11.3 Å². The van der Waals surface area contributed by atoms with Gasteiger partial charge in [-0.1, -0.05) is 13.8 Å². The topological polar surface area (TPSA) is 55.4 Å². The quantitative estimate of drug-likeness (QED) is 0.867. The average Bonchev–Trinajstić information content (AvgIpc) is 2.63. The Hall–Kier alpha value is -1.71. The monoisotopic (exact) mass is 221 g/mol. The van der Waals surface area contributed by atoms with Gasteiger partial charge in [-0.25, -0.2) is 4.79 Å². The summed E-state index contributed by atoms with van der Waals surface area (Å²) in [6.07, 6.45) is 0. The molecule has 2 aromatic rings. The van der Waals surface area contributed by atoms with Crippen LogP contribution in [0.25, 0.3) is 11.1 Å². The Morgan fingerprint density at radius 3 is 2.75 bits per heavy atom. The van der Waals surface area contributed by atoms with Gasteiger partial charge >= 0.3 is 5.97 Å². The molecule has 0 unspecified atom stereocenters. The van der Waals surface area contributed by atoms with Crippen LogP contribution < -0.4 is 0 Å². The highest BCUT2D eigenvalue weighted by Gasteiger charge is 2.17. The number of aryl methyl sites for hydroxylation is 1. The number of carboxylic acid groups (broad SMARTS) is 1. The van der Waals surface area contributed by atoms with E-state index in [2.05, 4.69) is 13.8 Å². The van der Waals surface area contributed by atoms with E-state index < -0.39 is 5.97 Å². The van der Waals surface area contributed by atoms with Crippen molar-refractivity contribution in [1.82, 2.24) is 4.57 Å². The number of carboxylic acids is 1. The molecular weight excluding hydrogens is 206 g/mol. The largest absolute Gasteiger partial charge is 0.477 e. The van der Waals surface area contributed by atoms with Gasteiger partial charge in [0.2, 0.25) is 0 Å². The summed E-state index contributed by atoms with van der Waals surface area (Å²) in [6.45, 7) is 6.67. The predicted octanol–water partition coefficient (Wildman–Crippen LogP) is 2.90. The Kier molecular flexibility index (Phi) is 2.50. The highest BCUT2D eigenvalue weighted by atomic mass is 16.4. The summed E-state index contributed by atoms with van der Waals surface area (Å²) in [5.41, 5.74) is 1.81. The number of aromatic nitrogens is 1. The second-order valence-electron chi connectivity index (χ2n) is 4.45.